The lowest BCUT2D eigenvalue weighted by molar-refractivity contribution is -0.126. The van der Waals surface area contributed by atoms with Gasteiger partial charge < -0.3 is 9.73 Å². The van der Waals surface area contributed by atoms with E-state index in [1.165, 1.54) is 27.8 Å². The standard InChI is InChI=1S/C24H22FN3O4S2/c25-17-7-10-19(11-8-17)34(30,31)28-13-3-4-16(15-28)23(29)26-14-18-9-12-21(32-18)24-27-20-5-1-2-6-22(20)33-24/h1-2,5-12,16H,3-4,13-15H2,(H,26,29). The highest BCUT2D eigenvalue weighted by molar-refractivity contribution is 7.89. The van der Waals surface area contributed by atoms with Crippen LogP contribution < -0.4 is 5.32 Å². The number of piperidine rings is 1. The molecule has 1 N–H and O–H groups in total. The number of fused-ring (bicyclic) bond motifs is 1. The van der Waals surface area contributed by atoms with Crippen LogP contribution in [0.3, 0.4) is 0 Å². The van der Waals surface area contributed by atoms with Gasteiger partial charge in [0.15, 0.2) is 10.8 Å². The Morgan fingerprint density at radius 2 is 1.94 bits per heavy atom. The summed E-state index contributed by atoms with van der Waals surface area (Å²) in [5, 5.41) is 3.63. The van der Waals surface area contributed by atoms with E-state index in [9.17, 15) is 17.6 Å². The van der Waals surface area contributed by atoms with Gasteiger partial charge in [0.25, 0.3) is 0 Å². The molecular weight excluding hydrogens is 477 g/mol. The van der Waals surface area contributed by atoms with Crippen molar-refractivity contribution in [1.29, 1.82) is 0 Å². The minimum absolute atomic E-state index is 0.0212. The number of rotatable bonds is 6. The molecule has 0 radical (unpaired) electrons. The number of hydrogen-bond acceptors (Lipinski definition) is 6. The van der Waals surface area contributed by atoms with Crippen LogP contribution in [0.5, 0.6) is 0 Å². The highest BCUT2D eigenvalue weighted by atomic mass is 32.2. The summed E-state index contributed by atoms with van der Waals surface area (Å²) in [6, 6.07) is 16.2. The van der Waals surface area contributed by atoms with Gasteiger partial charge in [0, 0.05) is 13.1 Å². The molecule has 0 spiro atoms. The third kappa shape index (κ3) is 4.61. The molecule has 1 unspecified atom stereocenters. The molecule has 5 rings (SSSR count). The molecule has 1 aliphatic rings. The van der Waals surface area contributed by atoms with Gasteiger partial charge in [-0.2, -0.15) is 4.31 Å². The van der Waals surface area contributed by atoms with Crippen molar-refractivity contribution in [3.8, 4) is 10.8 Å². The first-order valence-corrected chi connectivity index (χ1v) is 13.1. The Bertz CT molecular complexity index is 1400. The Morgan fingerprint density at radius 1 is 1.15 bits per heavy atom. The first kappa shape index (κ1) is 22.7. The Balaban J connectivity index is 1.21. The number of halogens is 1. The Hall–Kier alpha value is -3.08. The van der Waals surface area contributed by atoms with Gasteiger partial charge in [-0.1, -0.05) is 12.1 Å². The molecule has 1 saturated heterocycles. The van der Waals surface area contributed by atoms with Crippen molar-refractivity contribution in [3.63, 3.8) is 0 Å². The van der Waals surface area contributed by atoms with Gasteiger partial charge in [-0.3, -0.25) is 4.79 Å². The number of nitrogens with zero attached hydrogens (tertiary/aromatic N) is 2. The minimum atomic E-state index is -3.79. The van der Waals surface area contributed by atoms with Crippen LogP contribution in [0, 0.1) is 11.7 Å². The lowest BCUT2D eigenvalue weighted by Gasteiger charge is -2.31. The maximum atomic E-state index is 13.2. The van der Waals surface area contributed by atoms with Crippen LogP contribution in [0.25, 0.3) is 21.0 Å². The van der Waals surface area contributed by atoms with Crippen molar-refractivity contribution in [2.24, 2.45) is 5.92 Å². The van der Waals surface area contributed by atoms with Gasteiger partial charge in [0.2, 0.25) is 15.9 Å². The van der Waals surface area contributed by atoms with E-state index in [0.717, 1.165) is 27.4 Å². The van der Waals surface area contributed by atoms with Crippen molar-refractivity contribution in [2.45, 2.75) is 24.3 Å². The molecule has 0 bridgehead atoms. The van der Waals surface area contributed by atoms with E-state index in [0.29, 0.717) is 30.9 Å². The maximum absolute atomic E-state index is 13.2. The molecule has 1 amide bonds. The Kier molecular flexibility index (Phi) is 6.20. The first-order valence-electron chi connectivity index (χ1n) is 10.9. The third-order valence-corrected chi connectivity index (χ3v) is 8.74. The second-order valence-electron chi connectivity index (χ2n) is 8.13. The molecule has 1 fully saturated rings. The fourth-order valence-electron chi connectivity index (χ4n) is 4.01. The van der Waals surface area contributed by atoms with Crippen molar-refractivity contribution >= 4 is 37.5 Å². The van der Waals surface area contributed by atoms with Gasteiger partial charge in [-0.15, -0.1) is 11.3 Å². The number of sulfonamides is 1. The average molecular weight is 500 g/mol. The van der Waals surface area contributed by atoms with Crippen LogP contribution in [0.4, 0.5) is 4.39 Å². The normalized spacial score (nSPS) is 17.1. The van der Waals surface area contributed by atoms with Crippen molar-refractivity contribution < 1.29 is 22.0 Å². The minimum Gasteiger partial charge on any atom is -0.457 e. The first-order chi connectivity index (χ1) is 16.4. The smallest absolute Gasteiger partial charge is 0.243 e. The number of aromatic nitrogens is 1. The maximum Gasteiger partial charge on any atom is 0.243 e. The van der Waals surface area contributed by atoms with Gasteiger partial charge >= 0.3 is 0 Å². The molecule has 176 valence electrons. The molecule has 1 atom stereocenters. The van der Waals surface area contributed by atoms with Crippen LogP contribution in [0.15, 0.2) is 70.0 Å². The summed E-state index contributed by atoms with van der Waals surface area (Å²) < 4.78 is 47.2. The Morgan fingerprint density at radius 3 is 2.74 bits per heavy atom. The van der Waals surface area contributed by atoms with Crippen LogP contribution in [-0.2, 0) is 21.4 Å². The third-order valence-electron chi connectivity index (χ3n) is 5.81. The zero-order chi connectivity index (χ0) is 23.7. The number of para-hydroxylation sites is 1. The van der Waals surface area contributed by atoms with E-state index in [-0.39, 0.29) is 23.9 Å². The van der Waals surface area contributed by atoms with Crippen molar-refractivity contribution in [3.05, 3.63) is 72.2 Å². The van der Waals surface area contributed by atoms with Gasteiger partial charge in [0.05, 0.1) is 27.6 Å². The number of carbonyl (C=O) groups is 1. The summed E-state index contributed by atoms with van der Waals surface area (Å²) in [5.74, 6) is 0.0348. The highest BCUT2D eigenvalue weighted by Gasteiger charge is 2.33. The molecular formula is C24H22FN3O4S2. The number of amides is 1. The molecule has 1 aliphatic heterocycles. The highest BCUT2D eigenvalue weighted by Crippen LogP contribution is 2.31. The van der Waals surface area contributed by atoms with E-state index >= 15 is 0 Å². The number of carbonyl (C=O) groups excluding carboxylic acids is 1. The summed E-state index contributed by atoms with van der Waals surface area (Å²) in [5.41, 5.74) is 0.909. The lowest BCUT2D eigenvalue weighted by Crippen LogP contribution is -2.45. The molecule has 0 aliphatic carbocycles. The topological polar surface area (TPSA) is 92.5 Å². The SMILES string of the molecule is O=C(NCc1ccc(-c2nc3ccccc3s2)o1)C1CCCN(S(=O)(=O)c2ccc(F)cc2)C1. The van der Waals surface area contributed by atoms with Crippen LogP contribution in [0.1, 0.15) is 18.6 Å². The number of thiazole rings is 1. The molecule has 7 nitrogen and oxygen atoms in total. The van der Waals surface area contributed by atoms with Crippen molar-refractivity contribution in [2.75, 3.05) is 13.1 Å². The summed E-state index contributed by atoms with van der Waals surface area (Å²) in [4.78, 5) is 17.4. The summed E-state index contributed by atoms with van der Waals surface area (Å²) in [6.07, 6.45) is 1.16. The number of hydrogen-bond donors (Lipinski definition) is 1. The van der Waals surface area contributed by atoms with Crippen LogP contribution in [-0.4, -0.2) is 36.7 Å². The van der Waals surface area contributed by atoms with E-state index in [1.54, 1.807) is 6.07 Å². The molecule has 4 aromatic rings. The van der Waals surface area contributed by atoms with Crippen LogP contribution >= 0.6 is 11.3 Å². The average Bonchev–Trinajstić information content (AvgIpc) is 3.50. The fourth-order valence-corrected chi connectivity index (χ4v) is 6.47. The van der Waals surface area contributed by atoms with E-state index in [4.69, 9.17) is 4.42 Å². The quantitative estimate of drug-likeness (QED) is 0.424. The largest absolute Gasteiger partial charge is 0.457 e. The number of nitrogens with one attached hydrogen (secondary N) is 1. The zero-order valence-corrected chi connectivity index (χ0v) is 19.7. The summed E-state index contributed by atoms with van der Waals surface area (Å²) in [7, 11) is -3.79. The molecule has 34 heavy (non-hydrogen) atoms. The predicted molar refractivity (Wildman–Crippen MR) is 127 cm³/mol. The lowest BCUT2D eigenvalue weighted by atomic mass is 9.99. The zero-order valence-electron chi connectivity index (χ0n) is 18.1. The predicted octanol–water partition coefficient (Wildman–Crippen LogP) is 4.41. The summed E-state index contributed by atoms with van der Waals surface area (Å²) >= 11 is 1.54. The number of furan rings is 1. The van der Waals surface area contributed by atoms with E-state index in [1.807, 2.05) is 30.3 Å². The molecule has 0 saturated carbocycles. The fraction of sp³-hybridized carbons (Fsp3) is 0.250. The van der Waals surface area contributed by atoms with Crippen LogP contribution in [0.2, 0.25) is 0 Å². The monoisotopic (exact) mass is 499 g/mol. The van der Waals surface area contributed by atoms with Gasteiger partial charge in [-0.25, -0.2) is 17.8 Å². The van der Waals surface area contributed by atoms with E-state index < -0.39 is 21.8 Å². The van der Waals surface area contributed by atoms with E-state index in [2.05, 4.69) is 10.3 Å². The van der Waals surface area contributed by atoms with Crippen molar-refractivity contribution in [1.82, 2.24) is 14.6 Å². The molecule has 2 aromatic heterocycles. The second kappa shape index (κ2) is 9.28. The van der Waals surface area contributed by atoms with Gasteiger partial charge in [-0.05, 0) is 61.4 Å². The second-order valence-corrected chi connectivity index (χ2v) is 11.1. The van der Waals surface area contributed by atoms with Gasteiger partial charge in [0.1, 0.15) is 11.6 Å². The molecule has 10 heteroatoms. The molecule has 3 heterocycles. The Labute approximate surface area is 200 Å². The summed E-state index contributed by atoms with van der Waals surface area (Å²) in [6.45, 7) is 0.610. The number of benzene rings is 2. The molecule has 2 aromatic carbocycles.